The number of benzene rings is 2. The standard InChI is InChI=1S/C15H11F3IN3O2/c16-15(17,18)9-1-2-11-12(7-9)21-22(20-11)13-6-8(3-4-23)5-10(19)14(13)24/h1-2,5-7,23-24H,3-4H2. The molecule has 3 rings (SSSR count). The molecule has 0 bridgehead atoms. The first-order chi connectivity index (χ1) is 11.3. The number of aromatic hydroxyl groups is 1. The van der Waals surface area contributed by atoms with Crippen LogP contribution in [0.15, 0.2) is 30.3 Å². The van der Waals surface area contributed by atoms with Gasteiger partial charge in [0.05, 0.1) is 9.13 Å². The Kier molecular flexibility index (Phi) is 4.38. The number of aliphatic hydroxyl groups is 1. The normalized spacial score (nSPS) is 12.0. The highest BCUT2D eigenvalue weighted by Gasteiger charge is 2.31. The summed E-state index contributed by atoms with van der Waals surface area (Å²) in [7, 11) is 0. The van der Waals surface area contributed by atoms with E-state index in [1.165, 1.54) is 6.07 Å². The van der Waals surface area contributed by atoms with Crippen LogP contribution in [0.1, 0.15) is 11.1 Å². The average Bonchev–Trinajstić information content (AvgIpc) is 2.92. The van der Waals surface area contributed by atoms with Gasteiger partial charge in [0.15, 0.2) is 5.75 Å². The molecule has 126 valence electrons. The fraction of sp³-hybridized carbons (Fsp3) is 0.200. The van der Waals surface area contributed by atoms with Gasteiger partial charge in [-0.15, -0.1) is 15.0 Å². The van der Waals surface area contributed by atoms with Crippen molar-refractivity contribution >= 4 is 33.6 Å². The number of hydrogen-bond acceptors (Lipinski definition) is 4. The minimum Gasteiger partial charge on any atom is -0.505 e. The van der Waals surface area contributed by atoms with Crippen LogP contribution < -0.4 is 0 Å². The number of aliphatic hydroxyl groups excluding tert-OH is 1. The van der Waals surface area contributed by atoms with Gasteiger partial charge in [0, 0.05) is 6.61 Å². The topological polar surface area (TPSA) is 71.2 Å². The van der Waals surface area contributed by atoms with Crippen molar-refractivity contribution in [2.45, 2.75) is 12.6 Å². The molecule has 0 saturated carbocycles. The monoisotopic (exact) mass is 449 g/mol. The number of hydrogen-bond donors (Lipinski definition) is 2. The number of aromatic nitrogens is 3. The third kappa shape index (κ3) is 3.18. The molecule has 0 amide bonds. The number of phenolic OH excluding ortho intramolecular Hbond substituents is 1. The lowest BCUT2D eigenvalue weighted by atomic mass is 10.1. The Labute approximate surface area is 147 Å². The molecule has 0 spiro atoms. The largest absolute Gasteiger partial charge is 0.505 e. The van der Waals surface area contributed by atoms with Crippen molar-refractivity contribution in [1.82, 2.24) is 15.0 Å². The molecule has 2 aromatic carbocycles. The van der Waals surface area contributed by atoms with Gasteiger partial charge in [0.2, 0.25) is 0 Å². The van der Waals surface area contributed by atoms with Gasteiger partial charge in [-0.3, -0.25) is 0 Å². The van der Waals surface area contributed by atoms with Crippen LogP contribution in [0, 0.1) is 3.57 Å². The number of phenols is 1. The molecule has 2 N–H and O–H groups in total. The smallest absolute Gasteiger partial charge is 0.416 e. The van der Waals surface area contributed by atoms with Crippen molar-refractivity contribution in [3.63, 3.8) is 0 Å². The van der Waals surface area contributed by atoms with Crippen LogP contribution in [0.3, 0.4) is 0 Å². The number of fused-ring (bicyclic) bond motifs is 1. The molecular weight excluding hydrogens is 438 g/mol. The molecule has 0 unspecified atom stereocenters. The Morgan fingerprint density at radius 1 is 1.08 bits per heavy atom. The molecule has 24 heavy (non-hydrogen) atoms. The van der Waals surface area contributed by atoms with E-state index < -0.39 is 11.7 Å². The molecule has 0 aliphatic rings. The zero-order valence-electron chi connectivity index (χ0n) is 12.0. The summed E-state index contributed by atoms with van der Waals surface area (Å²) in [6.45, 7) is -0.0657. The Balaban J connectivity index is 2.13. The van der Waals surface area contributed by atoms with Crippen LogP contribution in [0.25, 0.3) is 16.7 Å². The van der Waals surface area contributed by atoms with Crippen LogP contribution in [0.2, 0.25) is 0 Å². The highest BCUT2D eigenvalue weighted by Crippen LogP contribution is 2.32. The van der Waals surface area contributed by atoms with Gasteiger partial charge in [-0.25, -0.2) is 0 Å². The van der Waals surface area contributed by atoms with Crippen molar-refractivity contribution in [2.75, 3.05) is 6.61 Å². The number of nitrogens with zero attached hydrogens (tertiary/aromatic N) is 3. The molecule has 0 saturated heterocycles. The minimum atomic E-state index is -4.46. The van der Waals surface area contributed by atoms with Gasteiger partial charge < -0.3 is 10.2 Å². The van der Waals surface area contributed by atoms with Crippen LogP contribution >= 0.6 is 22.6 Å². The second-order valence-corrected chi connectivity index (χ2v) is 6.27. The average molecular weight is 449 g/mol. The summed E-state index contributed by atoms with van der Waals surface area (Å²) in [5.41, 5.74) is 0.550. The SMILES string of the molecule is OCCc1cc(I)c(O)c(-n2nc3ccc(C(F)(F)F)cc3n2)c1. The molecule has 5 nitrogen and oxygen atoms in total. The molecule has 3 aromatic rings. The lowest BCUT2D eigenvalue weighted by Gasteiger charge is -2.08. The van der Waals surface area contributed by atoms with E-state index in [0.29, 0.717) is 9.99 Å². The molecular formula is C15H11F3IN3O2. The van der Waals surface area contributed by atoms with Gasteiger partial charge in [0.25, 0.3) is 0 Å². The summed E-state index contributed by atoms with van der Waals surface area (Å²) in [6, 6.07) is 6.39. The second kappa shape index (κ2) is 6.20. The first-order valence-electron chi connectivity index (χ1n) is 6.86. The summed E-state index contributed by atoms with van der Waals surface area (Å²) >= 11 is 1.93. The van der Waals surface area contributed by atoms with Crippen LogP contribution in [-0.4, -0.2) is 31.8 Å². The maximum Gasteiger partial charge on any atom is 0.416 e. The van der Waals surface area contributed by atoms with E-state index in [2.05, 4.69) is 10.2 Å². The van der Waals surface area contributed by atoms with Crippen LogP contribution in [-0.2, 0) is 12.6 Å². The van der Waals surface area contributed by atoms with E-state index in [9.17, 15) is 18.3 Å². The van der Waals surface area contributed by atoms with Gasteiger partial charge in [-0.1, -0.05) is 0 Å². The first kappa shape index (κ1) is 17.0. The molecule has 1 heterocycles. The fourth-order valence-electron chi connectivity index (χ4n) is 2.26. The zero-order chi connectivity index (χ0) is 17.5. The van der Waals surface area contributed by atoms with Gasteiger partial charge in [-0.2, -0.15) is 13.2 Å². The zero-order valence-corrected chi connectivity index (χ0v) is 14.2. The highest BCUT2D eigenvalue weighted by atomic mass is 127. The minimum absolute atomic E-state index is 0.0657. The van der Waals surface area contributed by atoms with Gasteiger partial charge >= 0.3 is 6.18 Å². The number of halogens is 4. The van der Waals surface area contributed by atoms with E-state index in [4.69, 9.17) is 5.11 Å². The maximum absolute atomic E-state index is 12.8. The Bertz CT molecular complexity index is 909. The van der Waals surface area contributed by atoms with Crippen molar-refractivity contribution in [1.29, 1.82) is 0 Å². The van der Waals surface area contributed by atoms with E-state index >= 15 is 0 Å². The lowest BCUT2D eigenvalue weighted by molar-refractivity contribution is -0.137. The molecule has 0 atom stereocenters. The molecule has 0 fully saturated rings. The summed E-state index contributed by atoms with van der Waals surface area (Å²) in [4.78, 5) is 1.10. The van der Waals surface area contributed by atoms with E-state index in [1.807, 2.05) is 22.6 Å². The Morgan fingerprint density at radius 2 is 1.79 bits per heavy atom. The molecule has 9 heteroatoms. The summed E-state index contributed by atoms with van der Waals surface area (Å²) < 4.78 is 38.9. The molecule has 0 aliphatic carbocycles. The third-order valence-corrected chi connectivity index (χ3v) is 4.25. The quantitative estimate of drug-likeness (QED) is 0.603. The molecule has 0 aliphatic heterocycles. The van der Waals surface area contributed by atoms with Crippen molar-refractivity contribution in [3.8, 4) is 11.4 Å². The van der Waals surface area contributed by atoms with Crippen molar-refractivity contribution < 1.29 is 23.4 Å². The summed E-state index contributed by atoms with van der Waals surface area (Å²) in [5.74, 6) is -0.0753. The van der Waals surface area contributed by atoms with Crippen LogP contribution in [0.5, 0.6) is 5.75 Å². The Morgan fingerprint density at radius 3 is 2.46 bits per heavy atom. The lowest BCUT2D eigenvalue weighted by Crippen LogP contribution is -2.04. The second-order valence-electron chi connectivity index (χ2n) is 5.11. The van der Waals surface area contributed by atoms with E-state index in [-0.39, 0.29) is 29.1 Å². The predicted molar refractivity (Wildman–Crippen MR) is 89.0 cm³/mol. The number of alkyl halides is 3. The molecule has 1 aromatic heterocycles. The summed E-state index contributed by atoms with van der Waals surface area (Å²) in [5, 5.41) is 27.4. The molecule has 0 radical (unpaired) electrons. The van der Waals surface area contributed by atoms with Crippen LogP contribution in [0.4, 0.5) is 13.2 Å². The first-order valence-corrected chi connectivity index (χ1v) is 7.94. The van der Waals surface area contributed by atoms with Gasteiger partial charge in [-0.05, 0) is 64.9 Å². The van der Waals surface area contributed by atoms with Crippen molar-refractivity contribution in [2.24, 2.45) is 0 Å². The fourth-order valence-corrected chi connectivity index (χ4v) is 2.94. The van der Waals surface area contributed by atoms with E-state index in [0.717, 1.165) is 22.5 Å². The Hall–Kier alpha value is -1.88. The highest BCUT2D eigenvalue weighted by molar-refractivity contribution is 14.1. The van der Waals surface area contributed by atoms with Gasteiger partial charge in [0.1, 0.15) is 16.7 Å². The number of rotatable bonds is 3. The summed E-state index contributed by atoms with van der Waals surface area (Å²) in [6.07, 6.45) is -4.08. The van der Waals surface area contributed by atoms with E-state index in [1.54, 1.807) is 12.1 Å². The maximum atomic E-state index is 12.8. The van der Waals surface area contributed by atoms with Crippen molar-refractivity contribution in [3.05, 3.63) is 45.0 Å². The predicted octanol–water partition coefficient (Wildman–Crippen LogP) is 3.28. The third-order valence-electron chi connectivity index (χ3n) is 3.43.